The molecule has 3 aromatic rings. The summed E-state index contributed by atoms with van der Waals surface area (Å²) in [5.41, 5.74) is 6.42. The lowest BCUT2D eigenvalue weighted by Crippen LogP contribution is -2.21. The second-order valence-corrected chi connectivity index (χ2v) is 6.43. The molecule has 26 heavy (non-hydrogen) atoms. The zero-order valence-corrected chi connectivity index (χ0v) is 15.2. The molecule has 0 fully saturated rings. The Balaban J connectivity index is 2.25. The summed E-state index contributed by atoms with van der Waals surface area (Å²) in [6, 6.07) is 2.75. The molecule has 2 heterocycles. The van der Waals surface area contributed by atoms with E-state index in [0.29, 0.717) is 28.3 Å². The van der Waals surface area contributed by atoms with Crippen molar-refractivity contribution < 1.29 is 13.9 Å². The lowest BCUT2D eigenvalue weighted by Gasteiger charge is -2.12. The Hall–Kier alpha value is -2.58. The van der Waals surface area contributed by atoms with Crippen molar-refractivity contribution in [3.63, 3.8) is 0 Å². The number of pyridine rings is 1. The molecular weight excluding hydrogens is 357 g/mol. The van der Waals surface area contributed by atoms with Crippen LogP contribution in [0.3, 0.4) is 0 Å². The fourth-order valence-electron chi connectivity index (χ4n) is 2.71. The van der Waals surface area contributed by atoms with Crippen LogP contribution >= 0.6 is 11.3 Å². The van der Waals surface area contributed by atoms with Crippen LogP contribution in [-0.2, 0) is 17.8 Å². The number of carbonyl (C=O) groups is 1. The number of hydrogen-bond donors (Lipinski definition) is 1. The van der Waals surface area contributed by atoms with Crippen LogP contribution in [0, 0.1) is 5.82 Å². The van der Waals surface area contributed by atoms with Gasteiger partial charge in [0.2, 0.25) is 5.43 Å². The van der Waals surface area contributed by atoms with Crippen LogP contribution < -0.4 is 11.2 Å². The highest BCUT2D eigenvalue weighted by Gasteiger charge is 2.19. The Morgan fingerprint density at radius 3 is 2.77 bits per heavy atom. The van der Waals surface area contributed by atoms with Gasteiger partial charge in [0.15, 0.2) is 0 Å². The van der Waals surface area contributed by atoms with Crippen LogP contribution in [0.1, 0.15) is 29.9 Å². The molecule has 2 aromatic heterocycles. The van der Waals surface area contributed by atoms with E-state index < -0.39 is 17.2 Å². The molecule has 6 nitrogen and oxygen atoms in total. The lowest BCUT2D eigenvalue weighted by molar-refractivity contribution is 0.0524. The van der Waals surface area contributed by atoms with E-state index in [1.165, 1.54) is 17.5 Å². The highest BCUT2D eigenvalue weighted by atomic mass is 32.1. The average molecular weight is 375 g/mol. The third-order valence-electron chi connectivity index (χ3n) is 4.00. The van der Waals surface area contributed by atoms with Crippen molar-refractivity contribution in [3.05, 3.63) is 51.0 Å². The number of aromatic nitrogens is 2. The van der Waals surface area contributed by atoms with E-state index in [9.17, 15) is 14.0 Å². The number of carbonyl (C=O) groups excluding carboxylic acids is 1. The topological polar surface area (TPSA) is 87.2 Å². The van der Waals surface area contributed by atoms with Gasteiger partial charge in [0.25, 0.3) is 0 Å². The summed E-state index contributed by atoms with van der Waals surface area (Å²) in [6.45, 7) is 4.46. The van der Waals surface area contributed by atoms with Crippen LogP contribution in [-0.4, -0.2) is 22.1 Å². The fourth-order valence-corrected chi connectivity index (χ4v) is 3.56. The van der Waals surface area contributed by atoms with Gasteiger partial charge in [-0.15, -0.1) is 11.3 Å². The molecule has 0 aliphatic heterocycles. The molecule has 136 valence electrons. The maximum atomic E-state index is 14.7. The van der Waals surface area contributed by atoms with E-state index in [0.717, 1.165) is 6.07 Å². The minimum absolute atomic E-state index is 0.104. The van der Waals surface area contributed by atoms with E-state index in [1.54, 1.807) is 22.9 Å². The molecular formula is C18H18FN3O3S. The minimum atomic E-state index is -0.710. The van der Waals surface area contributed by atoms with E-state index in [-0.39, 0.29) is 24.1 Å². The second kappa shape index (κ2) is 7.35. The SMILES string of the molecule is CCOC(=O)c1cn(CC)c2cc(-c3nc(CN)cs3)c(F)cc2c1=O. The molecule has 0 saturated carbocycles. The smallest absolute Gasteiger partial charge is 0.343 e. The number of nitrogens with zero attached hydrogens (tertiary/aromatic N) is 2. The molecule has 0 radical (unpaired) electrons. The molecule has 0 aliphatic rings. The fraction of sp³-hybridized carbons (Fsp3) is 0.278. The van der Waals surface area contributed by atoms with Gasteiger partial charge in [-0.25, -0.2) is 14.2 Å². The van der Waals surface area contributed by atoms with Crippen LogP contribution in [0.2, 0.25) is 0 Å². The molecule has 0 bridgehead atoms. The summed E-state index contributed by atoms with van der Waals surface area (Å²) in [5, 5.41) is 2.40. The highest BCUT2D eigenvalue weighted by Crippen LogP contribution is 2.29. The van der Waals surface area contributed by atoms with Crippen molar-refractivity contribution in [2.75, 3.05) is 6.61 Å². The number of esters is 1. The van der Waals surface area contributed by atoms with Crippen molar-refractivity contribution in [1.29, 1.82) is 0 Å². The van der Waals surface area contributed by atoms with Crippen LogP contribution in [0.4, 0.5) is 4.39 Å². The monoisotopic (exact) mass is 375 g/mol. The summed E-state index contributed by atoms with van der Waals surface area (Å²) >= 11 is 1.29. The van der Waals surface area contributed by atoms with Gasteiger partial charge in [-0.2, -0.15) is 0 Å². The van der Waals surface area contributed by atoms with Gasteiger partial charge in [0.1, 0.15) is 16.4 Å². The quantitative estimate of drug-likeness (QED) is 0.693. The van der Waals surface area contributed by atoms with E-state index in [2.05, 4.69) is 4.98 Å². The van der Waals surface area contributed by atoms with E-state index in [4.69, 9.17) is 10.5 Å². The third-order valence-corrected chi connectivity index (χ3v) is 4.92. The number of thiazole rings is 1. The first-order valence-electron chi connectivity index (χ1n) is 8.18. The molecule has 3 rings (SSSR count). The summed E-state index contributed by atoms with van der Waals surface area (Å²) in [4.78, 5) is 29.0. The molecule has 0 unspecified atom stereocenters. The third kappa shape index (κ3) is 3.13. The van der Waals surface area contributed by atoms with Crippen LogP contribution in [0.25, 0.3) is 21.5 Å². The van der Waals surface area contributed by atoms with Gasteiger partial charge in [0, 0.05) is 35.6 Å². The number of nitrogens with two attached hydrogens (primary N) is 1. The van der Waals surface area contributed by atoms with Crippen molar-refractivity contribution in [2.24, 2.45) is 5.73 Å². The molecule has 0 amide bonds. The minimum Gasteiger partial charge on any atom is -0.462 e. The van der Waals surface area contributed by atoms with E-state index >= 15 is 0 Å². The first kappa shape index (κ1) is 18.2. The number of hydrogen-bond acceptors (Lipinski definition) is 6. The number of aryl methyl sites for hydroxylation is 1. The van der Waals surface area contributed by atoms with Gasteiger partial charge < -0.3 is 15.0 Å². The van der Waals surface area contributed by atoms with Crippen molar-refractivity contribution in [2.45, 2.75) is 26.9 Å². The summed E-state index contributed by atoms with van der Waals surface area (Å²) in [5.74, 6) is -1.28. The maximum Gasteiger partial charge on any atom is 0.343 e. The number of rotatable bonds is 5. The number of benzene rings is 1. The van der Waals surface area contributed by atoms with E-state index in [1.807, 2.05) is 6.92 Å². The normalized spacial score (nSPS) is 11.1. The molecule has 0 aliphatic carbocycles. The van der Waals surface area contributed by atoms with Crippen molar-refractivity contribution in [3.8, 4) is 10.6 Å². The Kier molecular flexibility index (Phi) is 5.15. The summed E-state index contributed by atoms with van der Waals surface area (Å²) in [7, 11) is 0. The molecule has 2 N–H and O–H groups in total. The molecule has 8 heteroatoms. The van der Waals surface area contributed by atoms with Gasteiger partial charge in [-0.05, 0) is 26.0 Å². The molecule has 0 spiro atoms. The molecule has 0 atom stereocenters. The predicted molar refractivity (Wildman–Crippen MR) is 98.8 cm³/mol. The predicted octanol–water partition coefficient (Wildman–Crippen LogP) is 2.92. The average Bonchev–Trinajstić information content (AvgIpc) is 3.11. The van der Waals surface area contributed by atoms with Crippen LogP contribution in [0.15, 0.2) is 28.5 Å². The summed E-state index contributed by atoms with van der Waals surface area (Å²) < 4.78 is 21.3. The molecule has 1 aromatic carbocycles. The Labute approximate surface area is 153 Å². The first-order chi connectivity index (χ1) is 12.5. The maximum absolute atomic E-state index is 14.7. The first-order valence-corrected chi connectivity index (χ1v) is 9.06. The van der Waals surface area contributed by atoms with Gasteiger partial charge in [-0.3, -0.25) is 4.79 Å². The van der Waals surface area contributed by atoms with Crippen molar-refractivity contribution in [1.82, 2.24) is 9.55 Å². The van der Waals surface area contributed by atoms with Gasteiger partial charge in [-0.1, -0.05) is 0 Å². The largest absolute Gasteiger partial charge is 0.462 e. The van der Waals surface area contributed by atoms with Crippen LogP contribution in [0.5, 0.6) is 0 Å². The standard InChI is InChI=1S/C18H18FN3O3S/c1-3-22-8-13(18(24)25-4-2)16(23)12-5-14(19)11(6-15(12)22)17-21-10(7-20)9-26-17/h5-6,8-9H,3-4,7,20H2,1-2H3. The number of halogens is 1. The summed E-state index contributed by atoms with van der Waals surface area (Å²) in [6.07, 6.45) is 1.46. The molecule has 0 saturated heterocycles. The van der Waals surface area contributed by atoms with Gasteiger partial charge in [0.05, 0.1) is 17.8 Å². The zero-order valence-electron chi connectivity index (χ0n) is 14.4. The Bertz CT molecular complexity index is 1040. The number of fused-ring (bicyclic) bond motifs is 1. The Morgan fingerprint density at radius 2 is 2.15 bits per heavy atom. The van der Waals surface area contributed by atoms with Crippen molar-refractivity contribution >= 4 is 28.2 Å². The second-order valence-electron chi connectivity index (χ2n) is 5.58. The number of ether oxygens (including phenoxy) is 1. The zero-order chi connectivity index (χ0) is 18.8. The highest BCUT2D eigenvalue weighted by molar-refractivity contribution is 7.13. The lowest BCUT2D eigenvalue weighted by atomic mass is 10.1. The van der Waals surface area contributed by atoms with Gasteiger partial charge >= 0.3 is 5.97 Å². The Morgan fingerprint density at radius 1 is 1.38 bits per heavy atom.